The van der Waals surface area contributed by atoms with Crippen molar-refractivity contribution in [3.05, 3.63) is 0 Å². The lowest BCUT2D eigenvalue weighted by Crippen LogP contribution is -2.57. The van der Waals surface area contributed by atoms with Gasteiger partial charge in [0.05, 0.1) is 18.7 Å². The standard InChI is InChI=1S/C11H23N3O/c1-5-9(3)14-10(12)13-7-11(14,6-2)8-15-4/h9H,5-8H2,1-4H3,(H2,12,13). The molecule has 2 N–H and O–H groups in total. The summed E-state index contributed by atoms with van der Waals surface area (Å²) in [6.07, 6.45) is 2.08. The summed E-state index contributed by atoms with van der Waals surface area (Å²) in [5.74, 6) is 0.670. The van der Waals surface area contributed by atoms with Crippen LogP contribution < -0.4 is 5.73 Å². The van der Waals surface area contributed by atoms with Crippen molar-refractivity contribution >= 4 is 5.96 Å². The normalized spacial score (nSPS) is 28.0. The third-order valence-corrected chi connectivity index (χ3v) is 3.40. The molecule has 0 aromatic rings. The fourth-order valence-corrected chi connectivity index (χ4v) is 2.27. The Morgan fingerprint density at radius 3 is 2.73 bits per heavy atom. The molecule has 4 nitrogen and oxygen atoms in total. The zero-order valence-corrected chi connectivity index (χ0v) is 10.3. The highest BCUT2D eigenvalue weighted by atomic mass is 16.5. The molecule has 0 bridgehead atoms. The molecule has 4 heteroatoms. The fraction of sp³-hybridized carbons (Fsp3) is 0.909. The van der Waals surface area contributed by atoms with E-state index in [4.69, 9.17) is 10.5 Å². The second-order valence-corrected chi connectivity index (χ2v) is 4.31. The van der Waals surface area contributed by atoms with Gasteiger partial charge in [0.1, 0.15) is 0 Å². The van der Waals surface area contributed by atoms with E-state index in [2.05, 4.69) is 30.7 Å². The molecular formula is C11H23N3O. The molecule has 0 saturated heterocycles. The van der Waals surface area contributed by atoms with E-state index >= 15 is 0 Å². The highest BCUT2D eigenvalue weighted by Crippen LogP contribution is 2.28. The van der Waals surface area contributed by atoms with Crippen molar-refractivity contribution in [1.29, 1.82) is 0 Å². The fourth-order valence-electron chi connectivity index (χ4n) is 2.27. The number of nitrogens with zero attached hydrogens (tertiary/aromatic N) is 2. The Hall–Kier alpha value is -0.770. The number of ether oxygens (including phenoxy) is 1. The van der Waals surface area contributed by atoms with Crippen LogP contribution in [0.25, 0.3) is 0 Å². The summed E-state index contributed by atoms with van der Waals surface area (Å²) in [4.78, 5) is 6.60. The molecular weight excluding hydrogens is 190 g/mol. The summed E-state index contributed by atoms with van der Waals surface area (Å²) < 4.78 is 5.32. The van der Waals surface area contributed by atoms with E-state index < -0.39 is 0 Å². The minimum Gasteiger partial charge on any atom is -0.382 e. The van der Waals surface area contributed by atoms with Crippen LogP contribution in [0.2, 0.25) is 0 Å². The lowest BCUT2D eigenvalue weighted by Gasteiger charge is -2.41. The Kier molecular flexibility index (Phi) is 3.97. The van der Waals surface area contributed by atoms with E-state index in [1.807, 2.05) is 0 Å². The van der Waals surface area contributed by atoms with Gasteiger partial charge in [0, 0.05) is 13.2 Å². The Morgan fingerprint density at radius 2 is 2.27 bits per heavy atom. The second kappa shape index (κ2) is 4.84. The summed E-state index contributed by atoms with van der Waals surface area (Å²) in [5, 5.41) is 0. The van der Waals surface area contributed by atoms with E-state index in [-0.39, 0.29) is 5.54 Å². The SMILES string of the molecule is CCC(C)N1C(N)=NCC1(CC)COC. The maximum absolute atomic E-state index is 5.96. The number of rotatable bonds is 5. The van der Waals surface area contributed by atoms with Crippen LogP contribution in [0.3, 0.4) is 0 Å². The molecule has 0 aromatic heterocycles. The molecule has 1 rings (SSSR count). The van der Waals surface area contributed by atoms with Gasteiger partial charge in [0.25, 0.3) is 0 Å². The van der Waals surface area contributed by atoms with Crippen molar-refractivity contribution in [3.63, 3.8) is 0 Å². The van der Waals surface area contributed by atoms with E-state index in [0.29, 0.717) is 18.6 Å². The van der Waals surface area contributed by atoms with Crippen LogP contribution in [-0.4, -0.2) is 42.7 Å². The topological polar surface area (TPSA) is 50.8 Å². The molecule has 15 heavy (non-hydrogen) atoms. The number of nitrogens with two attached hydrogens (primary N) is 1. The quantitative estimate of drug-likeness (QED) is 0.747. The minimum atomic E-state index is -0.0196. The van der Waals surface area contributed by atoms with Gasteiger partial charge in [-0.3, -0.25) is 4.99 Å². The predicted molar refractivity (Wildman–Crippen MR) is 63.0 cm³/mol. The molecule has 2 unspecified atom stereocenters. The molecule has 0 amide bonds. The number of methoxy groups -OCH3 is 1. The van der Waals surface area contributed by atoms with Crippen LogP contribution in [0.15, 0.2) is 4.99 Å². The first-order valence-electron chi connectivity index (χ1n) is 5.69. The third kappa shape index (κ3) is 2.09. The van der Waals surface area contributed by atoms with Gasteiger partial charge in [-0.1, -0.05) is 13.8 Å². The van der Waals surface area contributed by atoms with Gasteiger partial charge in [-0.15, -0.1) is 0 Å². The Labute approximate surface area is 92.5 Å². The molecule has 0 fully saturated rings. The summed E-state index contributed by atoms with van der Waals surface area (Å²) in [7, 11) is 1.74. The Bertz CT molecular complexity index is 242. The molecule has 0 spiro atoms. The minimum absolute atomic E-state index is 0.0196. The van der Waals surface area contributed by atoms with Gasteiger partial charge in [-0.25, -0.2) is 0 Å². The first-order chi connectivity index (χ1) is 7.11. The zero-order chi connectivity index (χ0) is 11.5. The lowest BCUT2D eigenvalue weighted by atomic mass is 9.94. The van der Waals surface area contributed by atoms with Crippen molar-refractivity contribution in [2.24, 2.45) is 10.7 Å². The van der Waals surface area contributed by atoms with E-state index in [0.717, 1.165) is 19.4 Å². The van der Waals surface area contributed by atoms with Crippen LogP contribution in [0, 0.1) is 0 Å². The second-order valence-electron chi connectivity index (χ2n) is 4.31. The van der Waals surface area contributed by atoms with Crippen molar-refractivity contribution < 1.29 is 4.74 Å². The molecule has 88 valence electrons. The Balaban J connectivity index is 2.89. The average molecular weight is 213 g/mol. The molecule has 1 aliphatic heterocycles. The van der Waals surface area contributed by atoms with Crippen LogP contribution in [0.4, 0.5) is 0 Å². The first-order valence-corrected chi connectivity index (χ1v) is 5.69. The van der Waals surface area contributed by atoms with Gasteiger partial charge in [0.15, 0.2) is 5.96 Å². The summed E-state index contributed by atoms with van der Waals surface area (Å²) in [6.45, 7) is 7.98. The Morgan fingerprint density at radius 1 is 1.60 bits per heavy atom. The molecule has 2 atom stereocenters. The van der Waals surface area contributed by atoms with Crippen molar-refractivity contribution in [2.75, 3.05) is 20.3 Å². The number of aliphatic imine (C=N–C) groups is 1. The van der Waals surface area contributed by atoms with Gasteiger partial charge in [-0.2, -0.15) is 0 Å². The third-order valence-electron chi connectivity index (χ3n) is 3.40. The first kappa shape index (κ1) is 12.3. The number of guanidine groups is 1. The van der Waals surface area contributed by atoms with Crippen LogP contribution in [0.5, 0.6) is 0 Å². The smallest absolute Gasteiger partial charge is 0.192 e. The molecule has 0 aliphatic carbocycles. The monoisotopic (exact) mass is 213 g/mol. The predicted octanol–water partition coefficient (Wildman–Crippen LogP) is 1.21. The highest BCUT2D eigenvalue weighted by Gasteiger charge is 2.42. The van der Waals surface area contributed by atoms with Gasteiger partial charge in [0.2, 0.25) is 0 Å². The van der Waals surface area contributed by atoms with Gasteiger partial charge < -0.3 is 15.4 Å². The summed E-state index contributed by atoms with van der Waals surface area (Å²) in [5.41, 5.74) is 5.94. The highest BCUT2D eigenvalue weighted by molar-refractivity contribution is 5.81. The van der Waals surface area contributed by atoms with Crippen LogP contribution >= 0.6 is 0 Å². The molecule has 1 heterocycles. The maximum Gasteiger partial charge on any atom is 0.192 e. The molecule has 1 aliphatic rings. The van der Waals surface area contributed by atoms with E-state index in [1.165, 1.54) is 0 Å². The van der Waals surface area contributed by atoms with Crippen LogP contribution in [-0.2, 0) is 4.74 Å². The maximum atomic E-state index is 5.96. The number of hydrogen-bond donors (Lipinski definition) is 1. The zero-order valence-electron chi connectivity index (χ0n) is 10.3. The summed E-state index contributed by atoms with van der Waals surface area (Å²) in [6, 6.07) is 0.423. The lowest BCUT2D eigenvalue weighted by molar-refractivity contribution is 0.0455. The molecule has 0 aromatic carbocycles. The summed E-state index contributed by atoms with van der Waals surface area (Å²) >= 11 is 0. The van der Waals surface area contributed by atoms with Crippen LogP contribution in [0.1, 0.15) is 33.6 Å². The van der Waals surface area contributed by atoms with Crippen molar-refractivity contribution in [3.8, 4) is 0 Å². The van der Waals surface area contributed by atoms with E-state index in [1.54, 1.807) is 7.11 Å². The molecule has 0 radical (unpaired) electrons. The molecule has 0 saturated carbocycles. The van der Waals surface area contributed by atoms with Crippen molar-refractivity contribution in [2.45, 2.75) is 45.2 Å². The van der Waals surface area contributed by atoms with E-state index in [9.17, 15) is 0 Å². The number of hydrogen-bond acceptors (Lipinski definition) is 4. The van der Waals surface area contributed by atoms with Crippen molar-refractivity contribution in [1.82, 2.24) is 4.90 Å². The van der Waals surface area contributed by atoms with Gasteiger partial charge in [-0.05, 0) is 19.8 Å². The largest absolute Gasteiger partial charge is 0.382 e. The average Bonchev–Trinajstić information content (AvgIpc) is 2.56. The van der Waals surface area contributed by atoms with Gasteiger partial charge >= 0.3 is 0 Å².